The minimum absolute atomic E-state index is 0.681. The molecule has 1 aliphatic rings. The fraction of sp³-hybridized carbons (Fsp3) is 0.417. The fourth-order valence-corrected chi connectivity index (χ4v) is 1.99. The molecule has 0 amide bonds. The SMILES string of the molecule is [B]c1cccc2c(NCC3CC3)c(C)nn12. The third-order valence-electron chi connectivity index (χ3n) is 3.13. The summed E-state index contributed by atoms with van der Waals surface area (Å²) in [4.78, 5) is 0. The molecular formula is C12H14BN3. The van der Waals surface area contributed by atoms with E-state index in [9.17, 15) is 0 Å². The molecule has 2 aromatic rings. The molecule has 0 bridgehead atoms. The van der Waals surface area contributed by atoms with Crippen molar-refractivity contribution in [3.63, 3.8) is 0 Å². The van der Waals surface area contributed by atoms with E-state index in [-0.39, 0.29) is 0 Å². The summed E-state index contributed by atoms with van der Waals surface area (Å²) < 4.78 is 1.80. The number of aromatic nitrogens is 2. The highest BCUT2D eigenvalue weighted by Crippen LogP contribution is 2.30. The molecule has 1 N–H and O–H groups in total. The van der Waals surface area contributed by atoms with E-state index in [0.717, 1.165) is 29.4 Å². The molecular weight excluding hydrogens is 197 g/mol. The molecule has 3 nitrogen and oxygen atoms in total. The second kappa shape index (κ2) is 3.54. The highest BCUT2D eigenvalue weighted by Gasteiger charge is 2.21. The summed E-state index contributed by atoms with van der Waals surface area (Å²) in [6.45, 7) is 3.07. The van der Waals surface area contributed by atoms with Gasteiger partial charge in [-0.1, -0.05) is 12.1 Å². The Bertz CT molecular complexity index is 528. The first-order valence-electron chi connectivity index (χ1n) is 5.73. The van der Waals surface area contributed by atoms with Gasteiger partial charge in [-0.05, 0) is 37.3 Å². The van der Waals surface area contributed by atoms with Gasteiger partial charge >= 0.3 is 0 Å². The molecule has 1 aliphatic carbocycles. The molecule has 16 heavy (non-hydrogen) atoms. The number of hydrogen-bond donors (Lipinski definition) is 1. The summed E-state index contributed by atoms with van der Waals surface area (Å²) in [5.41, 5.74) is 3.89. The zero-order valence-corrected chi connectivity index (χ0v) is 9.40. The summed E-state index contributed by atoms with van der Waals surface area (Å²) in [6, 6.07) is 5.88. The van der Waals surface area contributed by atoms with E-state index >= 15 is 0 Å². The van der Waals surface area contributed by atoms with Crippen LogP contribution in [0.3, 0.4) is 0 Å². The van der Waals surface area contributed by atoms with Crippen LogP contribution in [0.25, 0.3) is 5.52 Å². The molecule has 0 saturated heterocycles. The summed E-state index contributed by atoms with van der Waals surface area (Å²) in [5.74, 6) is 0.857. The molecule has 1 saturated carbocycles. The fourth-order valence-electron chi connectivity index (χ4n) is 1.99. The molecule has 3 rings (SSSR count). The van der Waals surface area contributed by atoms with Gasteiger partial charge < -0.3 is 5.32 Å². The van der Waals surface area contributed by atoms with Gasteiger partial charge in [0.25, 0.3) is 0 Å². The highest BCUT2D eigenvalue weighted by atomic mass is 15.2. The maximum absolute atomic E-state index is 5.88. The largest absolute Gasteiger partial charge is 0.381 e. The van der Waals surface area contributed by atoms with Crippen LogP contribution in [0.5, 0.6) is 0 Å². The summed E-state index contributed by atoms with van der Waals surface area (Å²) in [6.07, 6.45) is 2.71. The molecule has 0 atom stereocenters. The third kappa shape index (κ3) is 1.58. The second-order valence-corrected chi connectivity index (χ2v) is 4.53. The van der Waals surface area contributed by atoms with Crippen LogP contribution in [0, 0.1) is 12.8 Å². The summed E-state index contributed by atoms with van der Waals surface area (Å²) >= 11 is 0. The van der Waals surface area contributed by atoms with Crippen molar-refractivity contribution in [2.75, 3.05) is 11.9 Å². The lowest BCUT2D eigenvalue weighted by atomic mass is 10.0. The van der Waals surface area contributed by atoms with Gasteiger partial charge in [0.2, 0.25) is 0 Å². The van der Waals surface area contributed by atoms with Crippen LogP contribution < -0.4 is 10.9 Å². The Kier molecular flexibility index (Phi) is 2.16. The van der Waals surface area contributed by atoms with Crippen LogP contribution in [-0.4, -0.2) is 24.0 Å². The van der Waals surface area contributed by atoms with Gasteiger partial charge in [-0.15, -0.1) is 0 Å². The van der Waals surface area contributed by atoms with Gasteiger partial charge in [0.15, 0.2) is 0 Å². The monoisotopic (exact) mass is 211 g/mol. The maximum Gasteiger partial charge on any atom is 0.141 e. The topological polar surface area (TPSA) is 29.3 Å². The van der Waals surface area contributed by atoms with Crippen LogP contribution in [0.4, 0.5) is 5.69 Å². The molecule has 0 aliphatic heterocycles. The first-order chi connectivity index (χ1) is 7.75. The Morgan fingerprint density at radius 1 is 1.50 bits per heavy atom. The van der Waals surface area contributed by atoms with Crippen molar-refractivity contribution in [1.29, 1.82) is 0 Å². The first-order valence-corrected chi connectivity index (χ1v) is 5.73. The number of hydrogen-bond acceptors (Lipinski definition) is 2. The highest BCUT2D eigenvalue weighted by molar-refractivity contribution is 6.31. The van der Waals surface area contributed by atoms with E-state index in [4.69, 9.17) is 7.85 Å². The van der Waals surface area contributed by atoms with E-state index < -0.39 is 0 Å². The van der Waals surface area contributed by atoms with Gasteiger partial charge in [0.05, 0.1) is 16.9 Å². The van der Waals surface area contributed by atoms with Crippen molar-refractivity contribution < 1.29 is 0 Å². The van der Waals surface area contributed by atoms with E-state index in [1.54, 1.807) is 4.52 Å². The van der Waals surface area contributed by atoms with Gasteiger partial charge in [0.1, 0.15) is 7.85 Å². The van der Waals surface area contributed by atoms with Gasteiger partial charge in [-0.3, -0.25) is 0 Å². The maximum atomic E-state index is 5.88. The number of nitrogens with zero attached hydrogens (tertiary/aromatic N) is 2. The van der Waals surface area contributed by atoms with Crippen LogP contribution in [0.1, 0.15) is 18.5 Å². The minimum Gasteiger partial charge on any atom is -0.381 e. The van der Waals surface area contributed by atoms with E-state index in [1.807, 2.05) is 25.1 Å². The van der Waals surface area contributed by atoms with Gasteiger partial charge in [0, 0.05) is 6.54 Å². The smallest absolute Gasteiger partial charge is 0.141 e. The molecule has 2 heterocycles. The second-order valence-electron chi connectivity index (χ2n) is 4.53. The van der Waals surface area contributed by atoms with E-state index in [2.05, 4.69) is 10.4 Å². The lowest BCUT2D eigenvalue weighted by molar-refractivity contribution is 0.888. The molecule has 2 radical (unpaired) electrons. The quantitative estimate of drug-likeness (QED) is 0.774. The number of fused-ring (bicyclic) bond motifs is 1. The van der Waals surface area contributed by atoms with E-state index in [1.165, 1.54) is 12.8 Å². The number of rotatable bonds is 3. The van der Waals surface area contributed by atoms with Crippen molar-refractivity contribution in [2.45, 2.75) is 19.8 Å². The third-order valence-corrected chi connectivity index (χ3v) is 3.13. The molecule has 0 unspecified atom stereocenters. The summed E-state index contributed by atoms with van der Waals surface area (Å²) in [7, 11) is 5.88. The van der Waals surface area contributed by atoms with Gasteiger partial charge in [-0.2, -0.15) is 5.10 Å². The first kappa shape index (κ1) is 9.76. The molecule has 80 valence electrons. The summed E-state index contributed by atoms with van der Waals surface area (Å²) in [5, 5.41) is 7.93. The van der Waals surface area contributed by atoms with E-state index in [0.29, 0.717) is 5.59 Å². The molecule has 2 aromatic heterocycles. The van der Waals surface area contributed by atoms with Crippen LogP contribution in [-0.2, 0) is 0 Å². The van der Waals surface area contributed by atoms with Crippen molar-refractivity contribution in [3.8, 4) is 0 Å². The normalized spacial score (nSPS) is 15.6. The Hall–Kier alpha value is -1.45. The lowest BCUT2D eigenvalue weighted by Crippen LogP contribution is -2.14. The predicted octanol–water partition coefficient (Wildman–Crippen LogP) is 1.26. The molecule has 4 heteroatoms. The Labute approximate surface area is 96.3 Å². The number of pyridine rings is 1. The average molecular weight is 211 g/mol. The molecule has 0 aromatic carbocycles. The van der Waals surface area contributed by atoms with Crippen LogP contribution >= 0.6 is 0 Å². The standard InChI is InChI=1S/C12H14BN3/c1-8-12(14-7-9-5-6-9)10-3-2-4-11(13)16(10)15-8/h2-4,9,14H,5-7H2,1H3. The predicted molar refractivity (Wildman–Crippen MR) is 66.5 cm³/mol. The number of anilines is 1. The zero-order chi connectivity index (χ0) is 11.1. The zero-order valence-electron chi connectivity index (χ0n) is 9.40. The van der Waals surface area contributed by atoms with Crippen LogP contribution in [0.2, 0.25) is 0 Å². The van der Waals surface area contributed by atoms with Crippen molar-refractivity contribution >= 4 is 24.6 Å². The molecule has 0 spiro atoms. The minimum atomic E-state index is 0.681. The number of aryl methyl sites for hydroxylation is 1. The Balaban J connectivity index is 2.00. The van der Waals surface area contributed by atoms with Crippen molar-refractivity contribution in [3.05, 3.63) is 23.9 Å². The van der Waals surface area contributed by atoms with Gasteiger partial charge in [-0.25, -0.2) is 4.52 Å². The molecule has 1 fully saturated rings. The van der Waals surface area contributed by atoms with Crippen molar-refractivity contribution in [1.82, 2.24) is 9.61 Å². The van der Waals surface area contributed by atoms with Crippen LogP contribution in [0.15, 0.2) is 18.2 Å². The Morgan fingerprint density at radius 2 is 2.31 bits per heavy atom. The van der Waals surface area contributed by atoms with Crippen molar-refractivity contribution in [2.24, 2.45) is 5.92 Å². The average Bonchev–Trinajstić information content (AvgIpc) is 3.02. The Morgan fingerprint density at radius 3 is 3.06 bits per heavy atom. The lowest BCUT2D eigenvalue weighted by Gasteiger charge is -2.04. The number of nitrogens with one attached hydrogen (secondary N) is 1.